The summed E-state index contributed by atoms with van der Waals surface area (Å²) in [5.74, 6) is 0.310. The maximum Gasteiger partial charge on any atom is 0.214 e. The van der Waals surface area contributed by atoms with Gasteiger partial charge in [-0.25, -0.2) is 4.98 Å². The van der Waals surface area contributed by atoms with Gasteiger partial charge in [0.25, 0.3) is 0 Å². The monoisotopic (exact) mass is 237 g/mol. The zero-order valence-corrected chi connectivity index (χ0v) is 10.6. The lowest BCUT2D eigenvalue weighted by atomic mass is 9.96. The zero-order chi connectivity index (χ0) is 12.3. The first-order chi connectivity index (χ1) is 8.15. The van der Waals surface area contributed by atoms with E-state index in [4.69, 9.17) is 0 Å². The zero-order valence-electron chi connectivity index (χ0n) is 10.6. The molecule has 0 spiro atoms. The molecule has 17 heavy (non-hydrogen) atoms. The maximum atomic E-state index is 13.0. The summed E-state index contributed by atoms with van der Waals surface area (Å²) in [6, 6.07) is 3.35. The fraction of sp³-hybridized carbons (Fsp3) is 0.615. The highest BCUT2D eigenvalue weighted by Crippen LogP contribution is 2.20. The van der Waals surface area contributed by atoms with Crippen molar-refractivity contribution >= 4 is 5.69 Å². The van der Waals surface area contributed by atoms with Crippen molar-refractivity contribution in [3.05, 3.63) is 24.3 Å². The van der Waals surface area contributed by atoms with Gasteiger partial charge < -0.3 is 9.80 Å². The molecule has 0 saturated carbocycles. The molecule has 2 rings (SSSR count). The van der Waals surface area contributed by atoms with Crippen molar-refractivity contribution in [2.24, 2.45) is 5.92 Å². The Morgan fingerprint density at radius 1 is 1.47 bits per heavy atom. The second kappa shape index (κ2) is 5.45. The highest BCUT2D eigenvalue weighted by atomic mass is 19.1. The Kier molecular flexibility index (Phi) is 3.94. The third-order valence-electron chi connectivity index (χ3n) is 3.52. The molecule has 94 valence electrons. The molecule has 1 aliphatic heterocycles. The van der Waals surface area contributed by atoms with Crippen molar-refractivity contribution < 1.29 is 4.39 Å². The van der Waals surface area contributed by atoms with Crippen molar-refractivity contribution in [2.45, 2.75) is 12.8 Å². The molecule has 3 nitrogen and oxygen atoms in total. The summed E-state index contributed by atoms with van der Waals surface area (Å²) in [4.78, 5) is 8.07. The van der Waals surface area contributed by atoms with Crippen LogP contribution in [0.2, 0.25) is 0 Å². The van der Waals surface area contributed by atoms with E-state index in [9.17, 15) is 4.39 Å². The van der Waals surface area contributed by atoms with E-state index in [0.29, 0.717) is 5.92 Å². The Hall–Kier alpha value is -1.16. The van der Waals surface area contributed by atoms with E-state index in [1.54, 1.807) is 0 Å². The largest absolute Gasteiger partial charge is 0.374 e. The molecule has 0 N–H and O–H groups in total. The number of halogens is 1. The van der Waals surface area contributed by atoms with Gasteiger partial charge in [-0.1, -0.05) is 0 Å². The van der Waals surface area contributed by atoms with Crippen LogP contribution < -0.4 is 4.90 Å². The predicted molar refractivity (Wildman–Crippen MR) is 67.7 cm³/mol. The molecule has 0 aliphatic carbocycles. The van der Waals surface area contributed by atoms with Crippen LogP contribution in [0.5, 0.6) is 0 Å². The number of hydrogen-bond acceptors (Lipinski definition) is 3. The minimum absolute atomic E-state index is 0.405. The number of pyridine rings is 1. The predicted octanol–water partition coefficient (Wildman–Crippen LogP) is 2.00. The van der Waals surface area contributed by atoms with E-state index >= 15 is 0 Å². The highest BCUT2D eigenvalue weighted by Gasteiger charge is 2.18. The first-order valence-corrected chi connectivity index (χ1v) is 6.16. The molecule has 1 fully saturated rings. The lowest BCUT2D eigenvalue weighted by molar-refractivity contribution is 0.222. The average Bonchev–Trinajstić information content (AvgIpc) is 2.32. The van der Waals surface area contributed by atoms with Crippen LogP contribution in [0.3, 0.4) is 0 Å². The number of piperidine rings is 1. The molecule has 0 aromatic carbocycles. The van der Waals surface area contributed by atoms with Gasteiger partial charge in [0.2, 0.25) is 5.95 Å². The minimum Gasteiger partial charge on any atom is -0.374 e. The lowest BCUT2D eigenvalue weighted by Gasteiger charge is -2.32. The molecule has 1 aromatic heterocycles. The summed E-state index contributed by atoms with van der Waals surface area (Å²) in [5.41, 5.74) is 0.913. The Morgan fingerprint density at radius 2 is 2.18 bits per heavy atom. The smallest absolute Gasteiger partial charge is 0.214 e. The second-order valence-corrected chi connectivity index (χ2v) is 4.96. The number of anilines is 1. The van der Waals surface area contributed by atoms with E-state index in [1.807, 2.05) is 13.1 Å². The summed E-state index contributed by atoms with van der Waals surface area (Å²) < 4.78 is 13.0. The van der Waals surface area contributed by atoms with Gasteiger partial charge >= 0.3 is 0 Å². The summed E-state index contributed by atoms with van der Waals surface area (Å²) in [5, 5.41) is 0. The first kappa shape index (κ1) is 12.3. The Bertz CT molecular complexity index is 361. The van der Waals surface area contributed by atoms with Crippen LogP contribution in [0.15, 0.2) is 18.3 Å². The summed E-state index contributed by atoms with van der Waals surface area (Å²) in [6.07, 6.45) is 3.98. The van der Waals surface area contributed by atoms with Crippen LogP contribution in [0, 0.1) is 11.9 Å². The van der Waals surface area contributed by atoms with Gasteiger partial charge in [-0.3, -0.25) is 0 Å². The highest BCUT2D eigenvalue weighted by molar-refractivity contribution is 5.43. The van der Waals surface area contributed by atoms with Gasteiger partial charge in [-0.05, 0) is 45.0 Å². The van der Waals surface area contributed by atoms with Crippen LogP contribution in [0.1, 0.15) is 12.8 Å². The molecule has 0 unspecified atom stereocenters. The molecule has 2 heterocycles. The quantitative estimate of drug-likeness (QED) is 0.750. The number of rotatable bonds is 3. The number of nitrogens with zero attached hydrogens (tertiary/aromatic N) is 3. The Balaban J connectivity index is 1.90. The Morgan fingerprint density at radius 3 is 2.82 bits per heavy atom. The number of aromatic nitrogens is 1. The van der Waals surface area contributed by atoms with Crippen LogP contribution in [-0.2, 0) is 0 Å². The molecule has 0 atom stereocenters. The summed E-state index contributed by atoms with van der Waals surface area (Å²) in [7, 11) is 4.19. The molecule has 1 aromatic rings. The molecule has 0 bridgehead atoms. The lowest BCUT2D eigenvalue weighted by Crippen LogP contribution is -2.35. The molecule has 1 saturated heterocycles. The molecule has 0 amide bonds. The minimum atomic E-state index is -0.405. The van der Waals surface area contributed by atoms with Gasteiger partial charge in [0, 0.05) is 31.5 Å². The van der Waals surface area contributed by atoms with Gasteiger partial charge in [0.05, 0.1) is 0 Å². The van der Waals surface area contributed by atoms with E-state index in [2.05, 4.69) is 21.8 Å². The van der Waals surface area contributed by atoms with Crippen molar-refractivity contribution in [3.8, 4) is 0 Å². The molecule has 4 heteroatoms. The number of hydrogen-bond donors (Lipinski definition) is 0. The molecule has 1 aliphatic rings. The van der Waals surface area contributed by atoms with Crippen LogP contribution in [0.25, 0.3) is 0 Å². The van der Waals surface area contributed by atoms with Crippen LogP contribution in [-0.4, -0.2) is 43.6 Å². The van der Waals surface area contributed by atoms with Crippen LogP contribution in [0.4, 0.5) is 10.1 Å². The van der Waals surface area contributed by atoms with Crippen molar-refractivity contribution in [3.63, 3.8) is 0 Å². The fourth-order valence-corrected chi connectivity index (χ4v) is 2.37. The van der Waals surface area contributed by atoms with Gasteiger partial charge in [0.15, 0.2) is 0 Å². The topological polar surface area (TPSA) is 19.4 Å². The fourth-order valence-electron chi connectivity index (χ4n) is 2.37. The third-order valence-corrected chi connectivity index (χ3v) is 3.52. The van der Waals surface area contributed by atoms with Gasteiger partial charge in [0.1, 0.15) is 0 Å². The molecule has 0 radical (unpaired) electrons. The SMILES string of the molecule is CN1CCC(CN(C)c2ccnc(F)c2)CC1. The van der Waals surface area contributed by atoms with Crippen molar-refractivity contribution in [1.29, 1.82) is 0 Å². The first-order valence-electron chi connectivity index (χ1n) is 6.16. The van der Waals surface area contributed by atoms with E-state index in [-0.39, 0.29) is 0 Å². The van der Waals surface area contributed by atoms with Crippen molar-refractivity contribution in [1.82, 2.24) is 9.88 Å². The van der Waals surface area contributed by atoms with E-state index in [0.717, 1.165) is 12.2 Å². The van der Waals surface area contributed by atoms with Gasteiger partial charge in [-0.15, -0.1) is 0 Å². The van der Waals surface area contributed by atoms with E-state index in [1.165, 1.54) is 38.2 Å². The maximum absolute atomic E-state index is 13.0. The summed E-state index contributed by atoms with van der Waals surface area (Å²) >= 11 is 0. The Labute approximate surface area is 102 Å². The molecular weight excluding hydrogens is 217 g/mol. The summed E-state index contributed by atoms with van der Waals surface area (Å²) in [6.45, 7) is 3.34. The normalized spacial score (nSPS) is 18.3. The standard InChI is InChI=1S/C13H20FN3/c1-16-7-4-11(5-8-16)10-17(2)12-3-6-15-13(14)9-12/h3,6,9,11H,4-5,7-8,10H2,1-2H3. The second-order valence-electron chi connectivity index (χ2n) is 4.96. The van der Waals surface area contributed by atoms with Crippen LogP contribution >= 0.6 is 0 Å². The van der Waals surface area contributed by atoms with Gasteiger partial charge in [-0.2, -0.15) is 4.39 Å². The molecular formula is C13H20FN3. The third kappa shape index (κ3) is 3.40. The van der Waals surface area contributed by atoms with Crippen molar-refractivity contribution in [2.75, 3.05) is 38.6 Å². The van der Waals surface area contributed by atoms with E-state index < -0.39 is 5.95 Å². The number of likely N-dealkylation sites (tertiary alicyclic amines) is 1. The average molecular weight is 237 g/mol.